The average Bonchev–Trinajstić information content (AvgIpc) is 2.42. The maximum Gasteiger partial charge on any atom is 0.124 e. The van der Waals surface area contributed by atoms with Crippen LogP contribution >= 0.6 is 0 Å². The first-order valence-electron chi connectivity index (χ1n) is 5.59. The Kier molecular flexibility index (Phi) is 3.42. The zero-order chi connectivity index (χ0) is 11.6. The zero-order valence-electron chi connectivity index (χ0n) is 10.8. The molecule has 0 spiro atoms. The Morgan fingerprint density at radius 1 is 1.40 bits per heavy atom. The SMILES string of the molecule is CC(C)CNc1cc(C(C)(C)C)nn1C. The lowest BCUT2D eigenvalue weighted by Crippen LogP contribution is -2.12. The van der Waals surface area contributed by atoms with Gasteiger partial charge in [-0.25, -0.2) is 0 Å². The molecule has 15 heavy (non-hydrogen) atoms. The molecule has 0 atom stereocenters. The molecular weight excluding hydrogens is 186 g/mol. The van der Waals surface area contributed by atoms with Gasteiger partial charge in [-0.1, -0.05) is 34.6 Å². The van der Waals surface area contributed by atoms with Crippen LogP contribution in [0.2, 0.25) is 0 Å². The topological polar surface area (TPSA) is 29.9 Å². The predicted octanol–water partition coefficient (Wildman–Crippen LogP) is 2.79. The molecular formula is C12H23N3. The van der Waals surface area contributed by atoms with Crippen LogP contribution in [0.1, 0.15) is 40.3 Å². The van der Waals surface area contributed by atoms with Crippen LogP contribution in [-0.4, -0.2) is 16.3 Å². The summed E-state index contributed by atoms with van der Waals surface area (Å²) >= 11 is 0. The Hall–Kier alpha value is -0.990. The number of aryl methyl sites for hydroxylation is 1. The second-order valence-corrected chi connectivity index (χ2v) is 5.56. The standard InChI is InChI=1S/C12H23N3/c1-9(2)8-13-11-7-10(12(3,4)5)14-15(11)6/h7,9,13H,8H2,1-6H3. The highest BCUT2D eigenvalue weighted by Crippen LogP contribution is 2.23. The molecule has 3 nitrogen and oxygen atoms in total. The van der Waals surface area contributed by atoms with Gasteiger partial charge in [-0.05, 0) is 5.92 Å². The van der Waals surface area contributed by atoms with Crippen molar-refractivity contribution in [2.45, 2.75) is 40.0 Å². The number of nitrogens with zero attached hydrogens (tertiary/aromatic N) is 2. The first kappa shape index (κ1) is 12.1. The highest BCUT2D eigenvalue weighted by Gasteiger charge is 2.18. The Balaban J connectivity index is 2.78. The van der Waals surface area contributed by atoms with Crippen molar-refractivity contribution in [2.24, 2.45) is 13.0 Å². The number of rotatable bonds is 3. The van der Waals surface area contributed by atoms with E-state index in [4.69, 9.17) is 0 Å². The van der Waals surface area contributed by atoms with Crippen molar-refractivity contribution >= 4 is 5.82 Å². The molecule has 1 heterocycles. The lowest BCUT2D eigenvalue weighted by atomic mass is 9.92. The van der Waals surface area contributed by atoms with E-state index in [2.05, 4.69) is 51.1 Å². The summed E-state index contributed by atoms with van der Waals surface area (Å²) in [6.45, 7) is 11.9. The normalized spacial score (nSPS) is 12.2. The minimum absolute atomic E-state index is 0.121. The van der Waals surface area contributed by atoms with Gasteiger partial charge < -0.3 is 5.32 Å². The van der Waals surface area contributed by atoms with Crippen LogP contribution in [0.4, 0.5) is 5.82 Å². The molecule has 0 aromatic carbocycles. The largest absolute Gasteiger partial charge is 0.370 e. The summed E-state index contributed by atoms with van der Waals surface area (Å²) in [5, 5.41) is 7.92. The maximum atomic E-state index is 4.51. The molecule has 3 heteroatoms. The van der Waals surface area contributed by atoms with Gasteiger partial charge in [0.1, 0.15) is 5.82 Å². The van der Waals surface area contributed by atoms with Gasteiger partial charge >= 0.3 is 0 Å². The van der Waals surface area contributed by atoms with E-state index < -0.39 is 0 Å². The quantitative estimate of drug-likeness (QED) is 0.829. The van der Waals surface area contributed by atoms with Crippen LogP contribution in [0, 0.1) is 5.92 Å². The minimum atomic E-state index is 0.121. The zero-order valence-corrected chi connectivity index (χ0v) is 10.8. The van der Waals surface area contributed by atoms with Crippen LogP contribution < -0.4 is 5.32 Å². The Labute approximate surface area is 92.9 Å². The second kappa shape index (κ2) is 4.25. The average molecular weight is 209 g/mol. The third-order valence-corrected chi connectivity index (χ3v) is 2.34. The van der Waals surface area contributed by atoms with E-state index in [-0.39, 0.29) is 5.41 Å². The van der Waals surface area contributed by atoms with Crippen LogP contribution in [0.25, 0.3) is 0 Å². The van der Waals surface area contributed by atoms with Gasteiger partial charge in [0.25, 0.3) is 0 Å². The van der Waals surface area contributed by atoms with E-state index in [9.17, 15) is 0 Å². The van der Waals surface area contributed by atoms with Gasteiger partial charge in [0.05, 0.1) is 5.69 Å². The van der Waals surface area contributed by atoms with E-state index in [1.165, 1.54) is 0 Å². The summed E-state index contributed by atoms with van der Waals surface area (Å²) < 4.78 is 1.92. The number of hydrogen-bond acceptors (Lipinski definition) is 2. The molecule has 86 valence electrons. The molecule has 0 radical (unpaired) electrons. The number of anilines is 1. The molecule has 0 aliphatic carbocycles. The minimum Gasteiger partial charge on any atom is -0.370 e. The van der Waals surface area contributed by atoms with Crippen molar-refractivity contribution in [2.75, 3.05) is 11.9 Å². The van der Waals surface area contributed by atoms with E-state index in [1.807, 2.05) is 11.7 Å². The molecule has 0 aliphatic rings. The third kappa shape index (κ3) is 3.26. The summed E-state index contributed by atoms with van der Waals surface area (Å²) in [6.07, 6.45) is 0. The van der Waals surface area contributed by atoms with Crippen molar-refractivity contribution in [3.63, 3.8) is 0 Å². The van der Waals surface area contributed by atoms with Gasteiger partial charge in [0, 0.05) is 25.1 Å². The summed E-state index contributed by atoms with van der Waals surface area (Å²) in [6, 6.07) is 2.14. The van der Waals surface area contributed by atoms with Gasteiger partial charge in [-0.15, -0.1) is 0 Å². The molecule has 0 saturated heterocycles. The smallest absolute Gasteiger partial charge is 0.124 e. The molecule has 0 saturated carbocycles. The van der Waals surface area contributed by atoms with Crippen molar-refractivity contribution < 1.29 is 0 Å². The molecule has 0 unspecified atom stereocenters. The fourth-order valence-corrected chi connectivity index (χ4v) is 1.31. The molecule has 1 aromatic heterocycles. The fraction of sp³-hybridized carbons (Fsp3) is 0.750. The summed E-state index contributed by atoms with van der Waals surface area (Å²) in [5.41, 5.74) is 1.26. The highest BCUT2D eigenvalue weighted by atomic mass is 15.3. The van der Waals surface area contributed by atoms with E-state index in [1.54, 1.807) is 0 Å². The first-order chi connectivity index (χ1) is 6.80. The molecule has 0 amide bonds. The third-order valence-electron chi connectivity index (χ3n) is 2.34. The summed E-state index contributed by atoms with van der Waals surface area (Å²) in [7, 11) is 1.98. The summed E-state index contributed by atoms with van der Waals surface area (Å²) in [4.78, 5) is 0. The highest BCUT2D eigenvalue weighted by molar-refractivity contribution is 5.38. The van der Waals surface area contributed by atoms with Crippen molar-refractivity contribution in [1.82, 2.24) is 9.78 Å². The van der Waals surface area contributed by atoms with Crippen LogP contribution in [-0.2, 0) is 12.5 Å². The first-order valence-corrected chi connectivity index (χ1v) is 5.59. The number of nitrogens with one attached hydrogen (secondary N) is 1. The fourth-order valence-electron chi connectivity index (χ4n) is 1.31. The summed E-state index contributed by atoms with van der Waals surface area (Å²) in [5.74, 6) is 1.76. The Bertz CT molecular complexity index is 318. The maximum absolute atomic E-state index is 4.51. The van der Waals surface area contributed by atoms with Gasteiger partial charge in [0.15, 0.2) is 0 Å². The van der Waals surface area contributed by atoms with E-state index in [0.717, 1.165) is 18.1 Å². The van der Waals surface area contributed by atoms with Crippen LogP contribution in [0.5, 0.6) is 0 Å². The van der Waals surface area contributed by atoms with Gasteiger partial charge in [-0.2, -0.15) is 5.10 Å². The van der Waals surface area contributed by atoms with E-state index in [0.29, 0.717) is 5.92 Å². The molecule has 1 N–H and O–H groups in total. The van der Waals surface area contributed by atoms with Crippen LogP contribution in [0.3, 0.4) is 0 Å². The Morgan fingerprint density at radius 2 is 2.00 bits per heavy atom. The molecule has 0 fully saturated rings. The number of hydrogen-bond donors (Lipinski definition) is 1. The van der Waals surface area contributed by atoms with Gasteiger partial charge in [-0.3, -0.25) is 4.68 Å². The molecule has 0 aliphatic heterocycles. The number of aromatic nitrogens is 2. The van der Waals surface area contributed by atoms with Crippen molar-refractivity contribution in [3.05, 3.63) is 11.8 Å². The predicted molar refractivity (Wildman–Crippen MR) is 65.2 cm³/mol. The monoisotopic (exact) mass is 209 g/mol. The van der Waals surface area contributed by atoms with E-state index >= 15 is 0 Å². The van der Waals surface area contributed by atoms with Gasteiger partial charge in [0.2, 0.25) is 0 Å². The van der Waals surface area contributed by atoms with Crippen molar-refractivity contribution in [3.8, 4) is 0 Å². The Morgan fingerprint density at radius 3 is 2.40 bits per heavy atom. The second-order valence-electron chi connectivity index (χ2n) is 5.56. The molecule has 1 rings (SSSR count). The molecule has 1 aromatic rings. The lowest BCUT2D eigenvalue weighted by Gasteiger charge is -2.13. The molecule has 0 bridgehead atoms. The van der Waals surface area contributed by atoms with Crippen LogP contribution in [0.15, 0.2) is 6.07 Å². The van der Waals surface area contributed by atoms with Crippen molar-refractivity contribution in [1.29, 1.82) is 0 Å². The lowest BCUT2D eigenvalue weighted by molar-refractivity contribution is 0.553.